The second-order valence-corrected chi connectivity index (χ2v) is 6.08. The molecular formula is C17H26FNO. The fraction of sp³-hybridized carbons (Fsp3) is 0.647. The van der Waals surface area contributed by atoms with E-state index in [1.165, 1.54) is 25.3 Å². The number of hydrogen-bond donors (Lipinski definition) is 2. The summed E-state index contributed by atoms with van der Waals surface area (Å²) in [5, 5.41) is 13.2. The smallest absolute Gasteiger partial charge is 0.127 e. The summed E-state index contributed by atoms with van der Waals surface area (Å²) in [5.41, 5.74) is 0.732. The molecule has 1 unspecified atom stereocenters. The van der Waals surface area contributed by atoms with E-state index >= 15 is 0 Å². The molecular weight excluding hydrogens is 253 g/mol. The van der Waals surface area contributed by atoms with Gasteiger partial charge in [-0.2, -0.15) is 0 Å². The van der Waals surface area contributed by atoms with Crippen LogP contribution in [0.3, 0.4) is 0 Å². The van der Waals surface area contributed by atoms with Crippen LogP contribution in [0.15, 0.2) is 24.3 Å². The molecule has 0 spiro atoms. The molecule has 1 aromatic carbocycles. The van der Waals surface area contributed by atoms with E-state index in [4.69, 9.17) is 0 Å². The van der Waals surface area contributed by atoms with E-state index in [-0.39, 0.29) is 23.9 Å². The van der Waals surface area contributed by atoms with Gasteiger partial charge in [0.05, 0.1) is 0 Å². The highest BCUT2D eigenvalue weighted by Crippen LogP contribution is 2.36. The summed E-state index contributed by atoms with van der Waals surface area (Å²) in [6.45, 7) is 3.07. The number of halogens is 1. The zero-order chi connectivity index (χ0) is 14.4. The highest BCUT2D eigenvalue weighted by molar-refractivity contribution is 5.21. The van der Waals surface area contributed by atoms with E-state index in [1.807, 2.05) is 12.1 Å². The lowest BCUT2D eigenvalue weighted by Gasteiger charge is -2.37. The molecule has 1 atom stereocenters. The van der Waals surface area contributed by atoms with E-state index in [2.05, 4.69) is 12.2 Å². The molecule has 2 N–H and O–H groups in total. The molecule has 0 radical (unpaired) electrons. The van der Waals surface area contributed by atoms with Crippen molar-refractivity contribution in [2.75, 3.05) is 13.2 Å². The molecule has 2 rings (SSSR count). The van der Waals surface area contributed by atoms with Gasteiger partial charge in [-0.25, -0.2) is 4.39 Å². The van der Waals surface area contributed by atoms with Crippen LogP contribution in [0.25, 0.3) is 0 Å². The maximum atomic E-state index is 13.9. The maximum absolute atomic E-state index is 13.9. The van der Waals surface area contributed by atoms with Crippen molar-refractivity contribution in [1.82, 2.24) is 5.32 Å². The molecule has 2 nitrogen and oxygen atoms in total. The Morgan fingerprint density at radius 1 is 1.25 bits per heavy atom. The van der Waals surface area contributed by atoms with Crippen LogP contribution >= 0.6 is 0 Å². The summed E-state index contributed by atoms with van der Waals surface area (Å²) in [7, 11) is 0. The van der Waals surface area contributed by atoms with Crippen LogP contribution in [-0.2, 0) is 0 Å². The van der Waals surface area contributed by atoms with Crippen LogP contribution < -0.4 is 5.32 Å². The summed E-state index contributed by atoms with van der Waals surface area (Å²) in [6, 6.07) is 7.00. The van der Waals surface area contributed by atoms with Gasteiger partial charge in [0.2, 0.25) is 0 Å². The third-order valence-corrected chi connectivity index (χ3v) is 4.66. The van der Waals surface area contributed by atoms with E-state index in [0.29, 0.717) is 0 Å². The van der Waals surface area contributed by atoms with Gasteiger partial charge in [-0.05, 0) is 25.3 Å². The standard InChI is InChI=1S/C17H26FNO/c1-2-16(14-8-4-5-9-15(14)18)19-12-17(13-20)10-6-3-7-11-17/h4-5,8-9,16,19-20H,2-3,6-7,10-13H2,1H3. The number of rotatable bonds is 6. The minimum Gasteiger partial charge on any atom is -0.396 e. The van der Waals surface area contributed by atoms with Crippen LogP contribution in [0.4, 0.5) is 4.39 Å². The average Bonchev–Trinajstić information content (AvgIpc) is 2.50. The van der Waals surface area contributed by atoms with Gasteiger partial charge in [0.25, 0.3) is 0 Å². The molecule has 0 heterocycles. The fourth-order valence-electron chi connectivity index (χ4n) is 3.26. The molecule has 1 saturated carbocycles. The van der Waals surface area contributed by atoms with Crippen LogP contribution in [0, 0.1) is 11.2 Å². The largest absolute Gasteiger partial charge is 0.396 e. The molecule has 112 valence electrons. The lowest BCUT2D eigenvalue weighted by atomic mass is 9.74. The third kappa shape index (κ3) is 3.58. The molecule has 1 aliphatic rings. The Labute approximate surface area is 121 Å². The first-order chi connectivity index (χ1) is 9.71. The highest BCUT2D eigenvalue weighted by Gasteiger charge is 2.31. The lowest BCUT2D eigenvalue weighted by molar-refractivity contribution is 0.0779. The first-order valence-corrected chi connectivity index (χ1v) is 7.79. The predicted octanol–water partition coefficient (Wildman–Crippen LogP) is 3.81. The van der Waals surface area contributed by atoms with E-state index in [9.17, 15) is 9.50 Å². The Balaban J connectivity index is 2.01. The van der Waals surface area contributed by atoms with E-state index in [0.717, 1.165) is 31.4 Å². The van der Waals surface area contributed by atoms with Crippen molar-refractivity contribution >= 4 is 0 Å². The second kappa shape index (κ2) is 7.19. The number of benzene rings is 1. The molecule has 0 bridgehead atoms. The molecule has 0 amide bonds. The normalized spacial score (nSPS) is 19.8. The number of aliphatic hydroxyl groups excluding tert-OH is 1. The number of hydrogen-bond acceptors (Lipinski definition) is 2. The summed E-state index contributed by atoms with van der Waals surface area (Å²) in [5.74, 6) is -0.145. The summed E-state index contributed by atoms with van der Waals surface area (Å²) in [6.07, 6.45) is 6.65. The van der Waals surface area contributed by atoms with Gasteiger partial charge in [0.1, 0.15) is 5.82 Å². The third-order valence-electron chi connectivity index (χ3n) is 4.66. The maximum Gasteiger partial charge on any atom is 0.127 e. The zero-order valence-electron chi connectivity index (χ0n) is 12.4. The lowest BCUT2D eigenvalue weighted by Crippen LogP contribution is -2.40. The van der Waals surface area contributed by atoms with Gasteiger partial charge in [-0.15, -0.1) is 0 Å². The average molecular weight is 279 g/mol. The van der Waals surface area contributed by atoms with Crippen LogP contribution in [0.2, 0.25) is 0 Å². The Morgan fingerprint density at radius 2 is 1.95 bits per heavy atom. The van der Waals surface area contributed by atoms with Gasteiger partial charge in [0, 0.05) is 30.2 Å². The molecule has 20 heavy (non-hydrogen) atoms. The van der Waals surface area contributed by atoms with Crippen molar-refractivity contribution in [3.8, 4) is 0 Å². The Hall–Kier alpha value is -0.930. The van der Waals surface area contributed by atoms with Crippen LogP contribution in [0.1, 0.15) is 57.1 Å². The molecule has 1 aromatic rings. The van der Waals surface area contributed by atoms with Gasteiger partial charge in [-0.1, -0.05) is 44.4 Å². The van der Waals surface area contributed by atoms with E-state index in [1.54, 1.807) is 6.07 Å². The topological polar surface area (TPSA) is 32.3 Å². The van der Waals surface area contributed by atoms with Crippen molar-refractivity contribution in [3.63, 3.8) is 0 Å². The van der Waals surface area contributed by atoms with Gasteiger partial charge >= 0.3 is 0 Å². The Morgan fingerprint density at radius 3 is 2.55 bits per heavy atom. The molecule has 0 saturated heterocycles. The minimum atomic E-state index is -0.145. The van der Waals surface area contributed by atoms with Crippen molar-refractivity contribution in [3.05, 3.63) is 35.6 Å². The molecule has 3 heteroatoms. The van der Waals surface area contributed by atoms with Gasteiger partial charge in [0.15, 0.2) is 0 Å². The summed E-state index contributed by atoms with van der Waals surface area (Å²) in [4.78, 5) is 0. The van der Waals surface area contributed by atoms with Gasteiger partial charge < -0.3 is 10.4 Å². The number of nitrogens with one attached hydrogen (secondary N) is 1. The quantitative estimate of drug-likeness (QED) is 0.830. The number of aliphatic hydroxyl groups is 1. The SMILES string of the molecule is CCC(NCC1(CO)CCCCC1)c1ccccc1F. The molecule has 1 fully saturated rings. The predicted molar refractivity (Wildman–Crippen MR) is 80.0 cm³/mol. The van der Waals surface area contributed by atoms with Crippen LogP contribution in [-0.4, -0.2) is 18.3 Å². The van der Waals surface area contributed by atoms with E-state index < -0.39 is 0 Å². The first kappa shape index (κ1) is 15.5. The molecule has 1 aliphatic carbocycles. The monoisotopic (exact) mass is 279 g/mol. The van der Waals surface area contributed by atoms with Crippen molar-refractivity contribution in [1.29, 1.82) is 0 Å². The first-order valence-electron chi connectivity index (χ1n) is 7.79. The summed E-state index contributed by atoms with van der Waals surface area (Å²) < 4.78 is 13.9. The Bertz CT molecular complexity index is 415. The van der Waals surface area contributed by atoms with Gasteiger partial charge in [-0.3, -0.25) is 0 Å². The highest BCUT2D eigenvalue weighted by atomic mass is 19.1. The summed E-state index contributed by atoms with van der Waals surface area (Å²) >= 11 is 0. The minimum absolute atomic E-state index is 0.00305. The van der Waals surface area contributed by atoms with Crippen molar-refractivity contribution in [2.24, 2.45) is 5.41 Å². The molecule has 0 aliphatic heterocycles. The second-order valence-electron chi connectivity index (χ2n) is 6.08. The van der Waals surface area contributed by atoms with Crippen LogP contribution in [0.5, 0.6) is 0 Å². The van der Waals surface area contributed by atoms with Crippen molar-refractivity contribution in [2.45, 2.75) is 51.5 Å². The Kier molecular flexibility index (Phi) is 5.55. The molecule has 0 aromatic heterocycles. The van der Waals surface area contributed by atoms with Crippen molar-refractivity contribution < 1.29 is 9.50 Å². The fourth-order valence-corrected chi connectivity index (χ4v) is 3.26. The zero-order valence-corrected chi connectivity index (χ0v) is 12.4.